The summed E-state index contributed by atoms with van der Waals surface area (Å²) in [6.07, 6.45) is 2.31. The molecule has 3 rings (SSSR count). The molecule has 0 saturated heterocycles. The number of aromatic nitrogens is 1. The van der Waals surface area contributed by atoms with Crippen molar-refractivity contribution in [1.82, 2.24) is 4.98 Å². The van der Waals surface area contributed by atoms with Gasteiger partial charge in [0.15, 0.2) is 0 Å². The van der Waals surface area contributed by atoms with Crippen molar-refractivity contribution < 1.29 is 9.18 Å². The van der Waals surface area contributed by atoms with Crippen LogP contribution in [0.3, 0.4) is 0 Å². The number of anilines is 1. The van der Waals surface area contributed by atoms with Gasteiger partial charge in [0.1, 0.15) is 10.8 Å². The molecule has 0 aliphatic heterocycles. The zero-order valence-electron chi connectivity index (χ0n) is 15.6. The molecule has 0 spiro atoms. The third kappa shape index (κ3) is 5.26. The maximum atomic E-state index is 13.4. The number of nitrogens with one attached hydrogen (secondary N) is 1. The van der Waals surface area contributed by atoms with Crippen molar-refractivity contribution in [2.75, 3.05) is 11.9 Å². The number of benzene rings is 2. The minimum Gasteiger partial charge on any atom is -0.330 e. The lowest BCUT2D eigenvalue weighted by Crippen LogP contribution is -2.35. The van der Waals surface area contributed by atoms with Crippen molar-refractivity contribution in [2.45, 2.75) is 32.2 Å². The summed E-state index contributed by atoms with van der Waals surface area (Å²) in [4.78, 5) is 16.8. The van der Waals surface area contributed by atoms with Crippen molar-refractivity contribution in [2.24, 2.45) is 11.5 Å². The van der Waals surface area contributed by atoms with Gasteiger partial charge in [-0.05, 0) is 62.2 Å². The topological polar surface area (TPSA) is 94.0 Å². The van der Waals surface area contributed by atoms with E-state index in [2.05, 4.69) is 10.3 Å². The Hall–Kier alpha value is -2.06. The summed E-state index contributed by atoms with van der Waals surface area (Å²) in [6.45, 7) is 2.53. The summed E-state index contributed by atoms with van der Waals surface area (Å²) in [7, 11) is 0. The highest BCUT2D eigenvalue weighted by Gasteiger charge is 2.15. The van der Waals surface area contributed by atoms with Crippen LogP contribution in [0.2, 0.25) is 0 Å². The third-order valence-corrected chi connectivity index (χ3v) is 5.47. The van der Waals surface area contributed by atoms with Crippen molar-refractivity contribution in [3.05, 3.63) is 47.8 Å². The Morgan fingerprint density at radius 1 is 1.25 bits per heavy atom. The molecule has 1 aromatic heterocycles. The van der Waals surface area contributed by atoms with E-state index in [1.54, 1.807) is 6.07 Å². The summed E-state index contributed by atoms with van der Waals surface area (Å²) in [5.74, 6) is -0.491. The number of fused-ring (bicyclic) bond motifs is 1. The van der Waals surface area contributed by atoms with Crippen LogP contribution in [0.25, 0.3) is 20.8 Å². The largest absolute Gasteiger partial charge is 0.330 e. The second kappa shape index (κ2) is 9.93. The molecule has 8 heteroatoms. The summed E-state index contributed by atoms with van der Waals surface area (Å²) in [5, 5.41) is 3.70. The van der Waals surface area contributed by atoms with E-state index < -0.39 is 6.04 Å². The van der Waals surface area contributed by atoms with Gasteiger partial charge in [-0.2, -0.15) is 0 Å². The highest BCUT2D eigenvalue weighted by Crippen LogP contribution is 2.32. The summed E-state index contributed by atoms with van der Waals surface area (Å²) in [5.41, 5.74) is 14.6. The highest BCUT2D eigenvalue weighted by atomic mass is 35.5. The van der Waals surface area contributed by atoms with Crippen molar-refractivity contribution >= 4 is 45.6 Å². The average Bonchev–Trinajstić information content (AvgIpc) is 3.06. The number of hydrogen-bond donors (Lipinski definition) is 3. The first-order chi connectivity index (χ1) is 13.0. The van der Waals surface area contributed by atoms with Crippen LogP contribution in [0.15, 0.2) is 36.4 Å². The lowest BCUT2D eigenvalue weighted by Gasteiger charge is -2.14. The number of amides is 1. The molecular weight excluding hydrogens is 399 g/mol. The van der Waals surface area contributed by atoms with Crippen LogP contribution in [0.1, 0.15) is 24.8 Å². The van der Waals surface area contributed by atoms with Gasteiger partial charge >= 0.3 is 0 Å². The number of unbranched alkanes of at least 4 members (excludes halogenated alkanes) is 1. The number of thiazole rings is 1. The van der Waals surface area contributed by atoms with Gasteiger partial charge < -0.3 is 16.8 Å². The Kier molecular flexibility index (Phi) is 7.88. The molecule has 150 valence electrons. The van der Waals surface area contributed by atoms with E-state index in [9.17, 15) is 9.18 Å². The molecule has 5 N–H and O–H groups in total. The molecule has 0 aliphatic carbocycles. The molecule has 0 bridgehead atoms. The van der Waals surface area contributed by atoms with Crippen LogP contribution in [0.4, 0.5) is 10.1 Å². The molecule has 5 nitrogen and oxygen atoms in total. The SMILES string of the molecule is Cc1cc(-c2nc3cc(F)ccc3s2)ccc1NC(=O)C(N)CCCCN.Cl. The first-order valence-corrected chi connectivity index (χ1v) is 9.73. The standard InChI is InChI=1S/C20H23FN4OS.ClH/c1-12-10-13(20-25-17-11-14(21)6-8-18(17)27-20)5-7-16(12)24-19(26)15(23)4-2-3-9-22;/h5-8,10-11,15H,2-4,9,22-23H2,1H3,(H,24,26);1H. The minimum absolute atomic E-state index is 0. The van der Waals surface area contributed by atoms with E-state index in [-0.39, 0.29) is 24.1 Å². The number of aryl methyl sites for hydroxylation is 1. The van der Waals surface area contributed by atoms with E-state index in [4.69, 9.17) is 11.5 Å². The van der Waals surface area contributed by atoms with Crippen LogP contribution in [0.5, 0.6) is 0 Å². The van der Waals surface area contributed by atoms with Gasteiger partial charge in [-0.15, -0.1) is 23.7 Å². The van der Waals surface area contributed by atoms with Gasteiger partial charge in [-0.1, -0.05) is 6.42 Å². The zero-order valence-corrected chi connectivity index (χ0v) is 17.2. The average molecular weight is 423 g/mol. The van der Waals surface area contributed by atoms with Crippen LogP contribution in [-0.2, 0) is 4.79 Å². The van der Waals surface area contributed by atoms with Gasteiger partial charge in [0, 0.05) is 17.3 Å². The number of rotatable bonds is 7. The lowest BCUT2D eigenvalue weighted by atomic mass is 10.1. The maximum Gasteiger partial charge on any atom is 0.241 e. The van der Waals surface area contributed by atoms with Gasteiger partial charge in [-0.3, -0.25) is 4.79 Å². The molecule has 0 saturated carbocycles. The van der Waals surface area contributed by atoms with E-state index >= 15 is 0 Å². The lowest BCUT2D eigenvalue weighted by molar-refractivity contribution is -0.117. The number of carbonyl (C=O) groups is 1. The Bertz CT molecular complexity index is 963. The van der Waals surface area contributed by atoms with Gasteiger partial charge in [0.2, 0.25) is 5.91 Å². The van der Waals surface area contributed by atoms with Crippen LogP contribution >= 0.6 is 23.7 Å². The number of hydrogen-bond acceptors (Lipinski definition) is 5. The van der Waals surface area contributed by atoms with Crippen molar-refractivity contribution in [3.63, 3.8) is 0 Å². The quantitative estimate of drug-likeness (QED) is 0.496. The molecule has 1 unspecified atom stereocenters. The normalized spacial score (nSPS) is 11.9. The Labute approximate surface area is 173 Å². The Morgan fingerprint density at radius 2 is 2.04 bits per heavy atom. The van der Waals surface area contributed by atoms with Gasteiger partial charge in [-0.25, -0.2) is 9.37 Å². The van der Waals surface area contributed by atoms with E-state index in [0.717, 1.165) is 39.4 Å². The smallest absolute Gasteiger partial charge is 0.241 e. The fourth-order valence-electron chi connectivity index (χ4n) is 2.83. The summed E-state index contributed by atoms with van der Waals surface area (Å²) < 4.78 is 14.3. The molecule has 0 fully saturated rings. The molecular formula is C20H24ClFN4OS. The second-order valence-electron chi connectivity index (χ2n) is 6.54. The molecule has 3 aromatic rings. The molecule has 0 radical (unpaired) electrons. The molecule has 28 heavy (non-hydrogen) atoms. The minimum atomic E-state index is -0.546. The molecule has 1 heterocycles. The van der Waals surface area contributed by atoms with E-state index in [1.807, 2.05) is 25.1 Å². The monoisotopic (exact) mass is 422 g/mol. The number of nitrogens with two attached hydrogens (primary N) is 2. The van der Waals surface area contributed by atoms with Crippen LogP contribution < -0.4 is 16.8 Å². The molecule has 2 aromatic carbocycles. The van der Waals surface area contributed by atoms with E-state index in [1.165, 1.54) is 23.5 Å². The highest BCUT2D eigenvalue weighted by molar-refractivity contribution is 7.21. The fraction of sp³-hybridized carbons (Fsp3) is 0.300. The summed E-state index contributed by atoms with van der Waals surface area (Å²) in [6, 6.07) is 9.77. The van der Waals surface area contributed by atoms with Crippen molar-refractivity contribution in [1.29, 1.82) is 0 Å². The van der Waals surface area contributed by atoms with E-state index in [0.29, 0.717) is 18.5 Å². The van der Waals surface area contributed by atoms with Crippen molar-refractivity contribution in [3.8, 4) is 10.6 Å². The zero-order chi connectivity index (χ0) is 19.4. The maximum absolute atomic E-state index is 13.4. The van der Waals surface area contributed by atoms with Crippen LogP contribution in [0, 0.1) is 12.7 Å². The van der Waals surface area contributed by atoms with Gasteiger partial charge in [0.05, 0.1) is 16.3 Å². The number of halogens is 2. The van der Waals surface area contributed by atoms with Crippen LogP contribution in [-0.4, -0.2) is 23.5 Å². The number of carbonyl (C=O) groups excluding carboxylic acids is 1. The Balaban J connectivity index is 0.00000280. The molecule has 1 atom stereocenters. The third-order valence-electron chi connectivity index (χ3n) is 4.39. The molecule has 0 aliphatic rings. The summed E-state index contributed by atoms with van der Waals surface area (Å²) >= 11 is 1.51. The van der Waals surface area contributed by atoms with Gasteiger partial charge in [0.25, 0.3) is 0 Å². The number of nitrogens with zero attached hydrogens (tertiary/aromatic N) is 1. The Morgan fingerprint density at radius 3 is 2.75 bits per heavy atom. The predicted octanol–water partition coefficient (Wildman–Crippen LogP) is 4.23. The molecule has 1 amide bonds. The fourth-order valence-corrected chi connectivity index (χ4v) is 3.77. The second-order valence-corrected chi connectivity index (χ2v) is 7.57. The first kappa shape index (κ1) is 22.2. The predicted molar refractivity (Wildman–Crippen MR) is 117 cm³/mol. The first-order valence-electron chi connectivity index (χ1n) is 8.91.